The third-order valence-corrected chi connectivity index (χ3v) is 11.5. The quantitative estimate of drug-likeness (QED) is 0.171. The molecule has 0 unspecified atom stereocenters. The highest BCUT2D eigenvalue weighted by atomic mass is 16.4. The summed E-state index contributed by atoms with van der Waals surface area (Å²) in [5.41, 5.74) is 17.2. The van der Waals surface area contributed by atoms with E-state index in [9.17, 15) is 0 Å². The van der Waals surface area contributed by atoms with Crippen LogP contribution < -0.4 is 4.90 Å². The van der Waals surface area contributed by atoms with Crippen LogP contribution in [-0.2, 0) is 5.41 Å². The Kier molecular flexibility index (Phi) is 7.17. The van der Waals surface area contributed by atoms with Gasteiger partial charge in [-0.15, -0.1) is 0 Å². The number of fused-ring (bicyclic) bond motifs is 7. The normalized spacial score (nSPS) is 13.0. The maximum atomic E-state index is 6.45. The maximum Gasteiger partial charge on any atom is 0.227 e. The molecule has 2 heterocycles. The molecule has 0 saturated carbocycles. The van der Waals surface area contributed by atoms with Gasteiger partial charge >= 0.3 is 0 Å². The van der Waals surface area contributed by atoms with Gasteiger partial charge in [-0.1, -0.05) is 123 Å². The van der Waals surface area contributed by atoms with Gasteiger partial charge in [-0.2, -0.15) is 0 Å². The Bertz CT molecular complexity index is 3100. The molecule has 0 atom stereocenters. The molecule has 0 aliphatic heterocycles. The molecule has 1 aliphatic rings. The molecule has 4 heteroatoms. The number of hydrogen-bond donors (Lipinski definition) is 0. The minimum Gasteiger partial charge on any atom is -0.456 e. The van der Waals surface area contributed by atoms with Gasteiger partial charge in [0.25, 0.3) is 0 Å². The molecule has 0 radical (unpaired) electrons. The number of benzene rings is 8. The molecule has 0 amide bonds. The van der Waals surface area contributed by atoms with E-state index in [1.807, 2.05) is 42.5 Å². The van der Waals surface area contributed by atoms with E-state index in [1.165, 1.54) is 33.4 Å². The Labute approximate surface area is 324 Å². The van der Waals surface area contributed by atoms with Crippen LogP contribution in [0.1, 0.15) is 25.0 Å². The van der Waals surface area contributed by atoms with E-state index in [0.29, 0.717) is 5.89 Å². The molecule has 56 heavy (non-hydrogen) atoms. The number of hydrogen-bond acceptors (Lipinski definition) is 4. The zero-order chi connectivity index (χ0) is 37.4. The lowest BCUT2D eigenvalue weighted by Crippen LogP contribution is -2.16. The Morgan fingerprint density at radius 2 is 1.04 bits per heavy atom. The van der Waals surface area contributed by atoms with Crippen LogP contribution in [0.15, 0.2) is 191 Å². The van der Waals surface area contributed by atoms with Crippen LogP contribution in [-0.4, -0.2) is 4.98 Å². The van der Waals surface area contributed by atoms with Gasteiger partial charge in [0, 0.05) is 44.9 Å². The van der Waals surface area contributed by atoms with Crippen LogP contribution in [0.2, 0.25) is 0 Å². The average Bonchev–Trinajstić information content (AvgIpc) is 3.90. The molecule has 0 bridgehead atoms. The molecule has 2 aromatic heterocycles. The Morgan fingerprint density at radius 3 is 1.86 bits per heavy atom. The number of oxazole rings is 1. The van der Waals surface area contributed by atoms with E-state index in [4.69, 9.17) is 13.8 Å². The fourth-order valence-corrected chi connectivity index (χ4v) is 8.62. The summed E-state index contributed by atoms with van der Waals surface area (Å²) < 4.78 is 12.6. The smallest absolute Gasteiger partial charge is 0.227 e. The first kappa shape index (κ1) is 32.3. The van der Waals surface area contributed by atoms with Gasteiger partial charge in [-0.25, -0.2) is 4.98 Å². The molecule has 10 aromatic rings. The van der Waals surface area contributed by atoms with E-state index in [1.54, 1.807) is 0 Å². The molecule has 11 rings (SSSR count). The second-order valence-corrected chi connectivity index (χ2v) is 15.2. The van der Waals surface area contributed by atoms with E-state index >= 15 is 0 Å². The molecular formula is C52H36N2O2. The van der Waals surface area contributed by atoms with Gasteiger partial charge in [0.15, 0.2) is 5.58 Å². The summed E-state index contributed by atoms with van der Waals surface area (Å²) in [6, 6.07) is 64.6. The molecule has 0 fully saturated rings. The summed E-state index contributed by atoms with van der Waals surface area (Å²) in [5, 5.41) is 2.06. The first-order valence-electron chi connectivity index (χ1n) is 19.1. The lowest BCUT2D eigenvalue weighted by molar-refractivity contribution is 0.620. The van der Waals surface area contributed by atoms with Crippen molar-refractivity contribution in [2.75, 3.05) is 4.90 Å². The van der Waals surface area contributed by atoms with Crippen LogP contribution in [0.25, 0.3) is 77.9 Å². The minimum absolute atomic E-state index is 0.107. The summed E-state index contributed by atoms with van der Waals surface area (Å²) in [6.45, 7) is 4.68. The van der Waals surface area contributed by atoms with Crippen LogP contribution in [0.5, 0.6) is 0 Å². The second kappa shape index (κ2) is 12.4. The van der Waals surface area contributed by atoms with Crippen molar-refractivity contribution < 1.29 is 8.83 Å². The molecule has 1 aliphatic carbocycles. The van der Waals surface area contributed by atoms with Gasteiger partial charge in [0.1, 0.15) is 16.7 Å². The lowest BCUT2D eigenvalue weighted by atomic mass is 9.82. The minimum atomic E-state index is -0.107. The highest BCUT2D eigenvalue weighted by molar-refractivity contribution is 6.09. The second-order valence-electron chi connectivity index (χ2n) is 15.2. The maximum absolute atomic E-state index is 6.45. The third kappa shape index (κ3) is 5.18. The van der Waals surface area contributed by atoms with Gasteiger partial charge in [-0.05, 0) is 111 Å². The van der Waals surface area contributed by atoms with Crippen LogP contribution in [0, 0.1) is 0 Å². The zero-order valence-electron chi connectivity index (χ0n) is 31.0. The lowest BCUT2D eigenvalue weighted by Gasteiger charge is -2.28. The van der Waals surface area contributed by atoms with Crippen molar-refractivity contribution in [2.24, 2.45) is 0 Å². The monoisotopic (exact) mass is 720 g/mol. The Morgan fingerprint density at radius 1 is 0.411 bits per heavy atom. The van der Waals surface area contributed by atoms with Crippen molar-refractivity contribution in [3.05, 3.63) is 193 Å². The predicted octanol–water partition coefficient (Wildman–Crippen LogP) is 14.5. The third-order valence-electron chi connectivity index (χ3n) is 11.5. The molecule has 0 saturated heterocycles. The fraction of sp³-hybridized carbons (Fsp3) is 0.0577. The first-order chi connectivity index (χ1) is 27.5. The SMILES string of the molecule is CC1(C)c2ccccc2-c2ccc(N(c3ccc(-c4ccc5c(c4)oc4cc6nc(-c7ccccc7)oc6cc45)cc3)c3cccc(-c4ccccc4)c3)cc21. The van der Waals surface area contributed by atoms with Crippen molar-refractivity contribution in [2.45, 2.75) is 19.3 Å². The van der Waals surface area contributed by atoms with Gasteiger partial charge in [0.2, 0.25) is 5.89 Å². The van der Waals surface area contributed by atoms with Crippen LogP contribution in [0.3, 0.4) is 0 Å². The first-order valence-corrected chi connectivity index (χ1v) is 19.1. The summed E-state index contributed by atoms with van der Waals surface area (Å²) in [6.07, 6.45) is 0. The van der Waals surface area contributed by atoms with E-state index in [0.717, 1.165) is 66.8 Å². The number of rotatable bonds is 6. The predicted molar refractivity (Wildman–Crippen MR) is 230 cm³/mol. The zero-order valence-corrected chi connectivity index (χ0v) is 31.0. The Balaban J connectivity index is 0.975. The average molecular weight is 721 g/mol. The van der Waals surface area contributed by atoms with Crippen molar-refractivity contribution in [3.63, 3.8) is 0 Å². The Hall–Kier alpha value is -7.17. The van der Waals surface area contributed by atoms with E-state index in [2.05, 4.69) is 158 Å². The largest absolute Gasteiger partial charge is 0.456 e. The molecule has 4 nitrogen and oxygen atoms in total. The summed E-state index contributed by atoms with van der Waals surface area (Å²) >= 11 is 0. The molecule has 0 N–H and O–H groups in total. The fourth-order valence-electron chi connectivity index (χ4n) is 8.62. The van der Waals surface area contributed by atoms with Gasteiger partial charge < -0.3 is 13.7 Å². The molecular weight excluding hydrogens is 685 g/mol. The number of anilines is 3. The highest BCUT2D eigenvalue weighted by Crippen LogP contribution is 2.51. The standard InChI is InChI=1S/C52H36N2O2/c1-52(2)45-19-10-9-18-41(45)42-27-25-40(30-46(42)52)54(39-17-11-16-36(28-39)33-12-5-3-6-13-33)38-23-20-34(21-24-38)37-22-26-43-44-31-50-47(32-49(44)55-48(43)29-37)53-51(56-50)35-14-7-4-8-15-35/h3-32H,1-2H3. The van der Waals surface area contributed by atoms with Crippen LogP contribution in [0.4, 0.5) is 17.1 Å². The summed E-state index contributed by atoms with van der Waals surface area (Å²) in [4.78, 5) is 7.14. The number of nitrogens with zero attached hydrogens (tertiary/aromatic N) is 2. The van der Waals surface area contributed by atoms with Crippen molar-refractivity contribution >= 4 is 50.1 Å². The van der Waals surface area contributed by atoms with Crippen LogP contribution >= 0.6 is 0 Å². The number of aromatic nitrogens is 1. The molecule has 266 valence electrons. The topological polar surface area (TPSA) is 42.4 Å². The van der Waals surface area contributed by atoms with Gasteiger partial charge in [0.05, 0.1) is 0 Å². The number of furan rings is 1. The summed E-state index contributed by atoms with van der Waals surface area (Å²) in [7, 11) is 0. The highest BCUT2D eigenvalue weighted by Gasteiger charge is 2.35. The van der Waals surface area contributed by atoms with Crippen molar-refractivity contribution in [1.82, 2.24) is 4.98 Å². The summed E-state index contributed by atoms with van der Waals surface area (Å²) in [5.74, 6) is 0.608. The molecule has 0 spiro atoms. The van der Waals surface area contributed by atoms with Crippen molar-refractivity contribution in [3.8, 4) is 44.8 Å². The van der Waals surface area contributed by atoms with E-state index in [-0.39, 0.29) is 5.41 Å². The molecule has 8 aromatic carbocycles. The van der Waals surface area contributed by atoms with Crippen molar-refractivity contribution in [1.29, 1.82) is 0 Å². The van der Waals surface area contributed by atoms with E-state index < -0.39 is 0 Å². The van der Waals surface area contributed by atoms with Gasteiger partial charge in [-0.3, -0.25) is 0 Å².